The number of methoxy groups -OCH3 is 1. The van der Waals surface area contributed by atoms with Crippen molar-refractivity contribution in [3.63, 3.8) is 0 Å². The van der Waals surface area contributed by atoms with E-state index in [1.54, 1.807) is 20.8 Å². The van der Waals surface area contributed by atoms with Gasteiger partial charge in [-0.3, -0.25) is 15.2 Å². The van der Waals surface area contributed by atoms with E-state index in [0.717, 1.165) is 16.5 Å². The van der Waals surface area contributed by atoms with Gasteiger partial charge in [-0.25, -0.2) is 4.79 Å². The summed E-state index contributed by atoms with van der Waals surface area (Å²) in [6.45, 7) is 5.52. The minimum Gasteiger partial charge on any atom is -0.444 e. The summed E-state index contributed by atoms with van der Waals surface area (Å²) in [6.07, 6.45) is 1.54. The van der Waals surface area contributed by atoms with Crippen LogP contribution in [0.5, 0.6) is 0 Å². The van der Waals surface area contributed by atoms with E-state index in [4.69, 9.17) is 9.47 Å². The molecule has 0 saturated carbocycles. The van der Waals surface area contributed by atoms with Crippen molar-refractivity contribution < 1.29 is 19.1 Å². The number of nitrogens with zero attached hydrogens (tertiary/aromatic N) is 3. The predicted molar refractivity (Wildman–Crippen MR) is 116 cm³/mol. The largest absolute Gasteiger partial charge is 0.444 e. The van der Waals surface area contributed by atoms with Crippen molar-refractivity contribution in [3.8, 4) is 0 Å². The second kappa shape index (κ2) is 9.17. The summed E-state index contributed by atoms with van der Waals surface area (Å²) >= 11 is 0. The monoisotopic (exact) mass is 428 g/mol. The number of aryl methyl sites for hydroxylation is 1. The van der Waals surface area contributed by atoms with E-state index < -0.39 is 23.6 Å². The zero-order valence-electron chi connectivity index (χ0n) is 18.4. The Hall–Kier alpha value is -3.40. The summed E-state index contributed by atoms with van der Waals surface area (Å²) in [5, 5.41) is 13.0. The Morgan fingerprint density at radius 1 is 1.26 bits per heavy atom. The van der Waals surface area contributed by atoms with Crippen LogP contribution in [0, 0.1) is 0 Å². The number of ether oxygens (including phenoxy) is 2. The van der Waals surface area contributed by atoms with Gasteiger partial charge >= 0.3 is 6.09 Å². The van der Waals surface area contributed by atoms with Crippen LogP contribution in [-0.2, 0) is 34.3 Å². The second-order valence-electron chi connectivity index (χ2n) is 8.21. The molecule has 0 saturated heterocycles. The summed E-state index contributed by atoms with van der Waals surface area (Å²) in [6, 6.07) is 6.98. The fourth-order valence-corrected chi connectivity index (χ4v) is 3.22. The van der Waals surface area contributed by atoms with Crippen molar-refractivity contribution in [2.45, 2.75) is 45.4 Å². The zero-order chi connectivity index (χ0) is 22.6. The second-order valence-corrected chi connectivity index (χ2v) is 8.21. The molecule has 0 aliphatic heterocycles. The van der Waals surface area contributed by atoms with Crippen molar-refractivity contribution in [3.05, 3.63) is 41.9 Å². The molecule has 0 spiro atoms. The molecule has 0 unspecified atom stereocenters. The molecule has 0 aliphatic rings. The molecular formula is C21H28N6O4. The lowest BCUT2D eigenvalue weighted by atomic mass is 10.0. The lowest BCUT2D eigenvalue weighted by Crippen LogP contribution is -2.47. The van der Waals surface area contributed by atoms with E-state index in [0.29, 0.717) is 5.82 Å². The number of aromatic amines is 1. The minimum absolute atomic E-state index is 0.103. The van der Waals surface area contributed by atoms with Crippen LogP contribution in [0.2, 0.25) is 0 Å². The van der Waals surface area contributed by atoms with Crippen molar-refractivity contribution in [1.29, 1.82) is 0 Å². The molecule has 0 fully saturated rings. The number of para-hydroxylation sites is 1. The maximum absolute atomic E-state index is 13.0. The van der Waals surface area contributed by atoms with Crippen LogP contribution in [0.3, 0.4) is 0 Å². The number of hydrogen-bond acceptors (Lipinski definition) is 6. The molecule has 1 aromatic carbocycles. The summed E-state index contributed by atoms with van der Waals surface area (Å²) in [5.74, 6) is 0.122. The summed E-state index contributed by atoms with van der Waals surface area (Å²) in [5.41, 5.74) is 1.26. The summed E-state index contributed by atoms with van der Waals surface area (Å²) in [4.78, 5) is 29.6. The maximum atomic E-state index is 13.0. The number of nitrogens with one attached hydrogen (secondary N) is 3. The molecule has 0 bridgehead atoms. The molecule has 10 heteroatoms. The van der Waals surface area contributed by atoms with Gasteiger partial charge in [0.1, 0.15) is 18.2 Å². The first-order valence-electron chi connectivity index (χ1n) is 9.90. The normalized spacial score (nSPS) is 12.5. The van der Waals surface area contributed by atoms with Gasteiger partial charge in [-0.15, -0.1) is 5.10 Å². The summed E-state index contributed by atoms with van der Waals surface area (Å²) < 4.78 is 12.3. The maximum Gasteiger partial charge on any atom is 0.408 e. The van der Waals surface area contributed by atoms with Gasteiger partial charge in [0.15, 0.2) is 5.82 Å². The first-order valence-corrected chi connectivity index (χ1v) is 9.90. The molecule has 10 nitrogen and oxygen atoms in total. The van der Waals surface area contributed by atoms with Crippen molar-refractivity contribution in [2.75, 3.05) is 12.4 Å². The average molecular weight is 428 g/mol. The van der Waals surface area contributed by atoms with Crippen LogP contribution in [0.4, 0.5) is 10.7 Å². The number of carbonyl (C=O) groups is 2. The van der Waals surface area contributed by atoms with Crippen LogP contribution in [0.25, 0.3) is 10.9 Å². The molecule has 0 radical (unpaired) electrons. The molecule has 1 atom stereocenters. The Morgan fingerprint density at radius 3 is 2.71 bits per heavy atom. The Morgan fingerprint density at radius 2 is 2.00 bits per heavy atom. The molecule has 2 aromatic heterocycles. The first kappa shape index (κ1) is 22.3. The quantitative estimate of drug-likeness (QED) is 0.531. The smallest absolute Gasteiger partial charge is 0.408 e. The van der Waals surface area contributed by atoms with E-state index >= 15 is 0 Å². The van der Waals surface area contributed by atoms with Crippen LogP contribution in [0.1, 0.15) is 32.2 Å². The topological polar surface area (TPSA) is 123 Å². The zero-order valence-corrected chi connectivity index (χ0v) is 18.4. The van der Waals surface area contributed by atoms with Gasteiger partial charge in [-0.2, -0.15) is 4.98 Å². The number of hydrogen-bond donors (Lipinski definition) is 3. The molecule has 3 rings (SSSR count). The van der Waals surface area contributed by atoms with E-state index in [-0.39, 0.29) is 19.0 Å². The van der Waals surface area contributed by atoms with Gasteiger partial charge in [0, 0.05) is 37.7 Å². The number of fused-ring (bicyclic) bond motifs is 1. The SMILES string of the molecule is COCc1nc(NC(=O)[C@H](Cc2cn(C)c3ccccc23)NC(=O)OC(C)(C)C)n[nH]1. The lowest BCUT2D eigenvalue weighted by Gasteiger charge is -2.23. The molecule has 2 heterocycles. The van der Waals surface area contributed by atoms with Gasteiger partial charge in [-0.1, -0.05) is 18.2 Å². The highest BCUT2D eigenvalue weighted by atomic mass is 16.6. The third-order valence-corrected chi connectivity index (χ3v) is 4.46. The van der Waals surface area contributed by atoms with Gasteiger partial charge in [0.2, 0.25) is 11.9 Å². The van der Waals surface area contributed by atoms with Crippen LogP contribution in [0.15, 0.2) is 30.5 Å². The molecule has 166 valence electrons. The Balaban J connectivity index is 1.82. The van der Waals surface area contributed by atoms with Crippen LogP contribution < -0.4 is 10.6 Å². The highest BCUT2D eigenvalue weighted by molar-refractivity contribution is 5.96. The Kier molecular flexibility index (Phi) is 6.59. The number of carbonyl (C=O) groups excluding carboxylic acids is 2. The number of aromatic nitrogens is 4. The number of benzene rings is 1. The number of alkyl carbamates (subject to hydrolysis) is 1. The van der Waals surface area contributed by atoms with Gasteiger partial charge < -0.3 is 19.4 Å². The Labute approximate surface area is 180 Å². The van der Waals surface area contributed by atoms with Gasteiger partial charge in [0.05, 0.1) is 0 Å². The molecule has 3 N–H and O–H groups in total. The fourth-order valence-electron chi connectivity index (χ4n) is 3.22. The number of anilines is 1. The van der Waals surface area contributed by atoms with Crippen molar-refractivity contribution in [2.24, 2.45) is 7.05 Å². The molecule has 31 heavy (non-hydrogen) atoms. The number of H-pyrrole nitrogens is 1. The van der Waals surface area contributed by atoms with Crippen LogP contribution >= 0.6 is 0 Å². The van der Waals surface area contributed by atoms with Crippen LogP contribution in [-0.4, -0.2) is 50.5 Å². The van der Waals surface area contributed by atoms with Crippen molar-refractivity contribution in [1.82, 2.24) is 25.1 Å². The molecule has 0 aliphatic carbocycles. The highest BCUT2D eigenvalue weighted by Gasteiger charge is 2.26. The highest BCUT2D eigenvalue weighted by Crippen LogP contribution is 2.22. The molecule has 3 aromatic rings. The lowest BCUT2D eigenvalue weighted by molar-refractivity contribution is -0.118. The van der Waals surface area contributed by atoms with Gasteiger partial charge in [-0.05, 0) is 32.4 Å². The molecule has 2 amide bonds. The predicted octanol–water partition coefficient (Wildman–Crippen LogP) is 2.52. The average Bonchev–Trinajstić information content (AvgIpc) is 3.25. The van der Waals surface area contributed by atoms with E-state index in [9.17, 15) is 9.59 Å². The van der Waals surface area contributed by atoms with E-state index in [1.807, 2.05) is 42.1 Å². The van der Waals surface area contributed by atoms with E-state index in [1.165, 1.54) is 7.11 Å². The summed E-state index contributed by atoms with van der Waals surface area (Å²) in [7, 11) is 3.47. The molecular weight excluding hydrogens is 400 g/mol. The standard InChI is InChI=1S/C21H28N6O4/c1-21(2,3)31-20(29)22-15(18(28)24-19-23-17(12-30-5)25-26-19)10-13-11-27(4)16-9-7-6-8-14(13)16/h6-9,11,15H,10,12H2,1-5H3,(H,22,29)(H2,23,24,25,26,28)/t15-/m0/s1. The van der Waals surface area contributed by atoms with Crippen molar-refractivity contribution >= 4 is 28.9 Å². The fraction of sp³-hybridized carbons (Fsp3) is 0.429. The van der Waals surface area contributed by atoms with E-state index in [2.05, 4.69) is 25.8 Å². The number of rotatable bonds is 7. The first-order chi connectivity index (χ1) is 14.7. The third-order valence-electron chi connectivity index (χ3n) is 4.46. The van der Waals surface area contributed by atoms with Gasteiger partial charge in [0.25, 0.3) is 0 Å². The minimum atomic E-state index is -0.898. The number of amides is 2. The Bertz CT molecular complexity index is 1070. The third kappa shape index (κ3) is 5.82.